The number of rotatable bonds is 9. The fraction of sp³-hybridized carbons (Fsp3) is 0.722. The molecule has 0 saturated carbocycles. The van der Waals surface area contributed by atoms with Gasteiger partial charge in [0.05, 0.1) is 16.1 Å². The predicted octanol–water partition coefficient (Wildman–Crippen LogP) is 6.09. The van der Waals surface area contributed by atoms with Crippen LogP contribution in [0.1, 0.15) is 53.2 Å². The SMILES string of the molecule is CC[Si](CC)(CC)OC(CNCC(C)(C)C)c1c(Cl)cncc1Cl. The molecule has 0 spiro atoms. The zero-order valence-electron chi connectivity index (χ0n) is 15.9. The van der Waals surface area contributed by atoms with Crippen molar-refractivity contribution in [3.05, 3.63) is 28.0 Å². The lowest BCUT2D eigenvalue weighted by Crippen LogP contribution is -2.41. The van der Waals surface area contributed by atoms with E-state index in [0.717, 1.165) is 30.2 Å². The van der Waals surface area contributed by atoms with E-state index in [9.17, 15) is 0 Å². The number of aromatic nitrogens is 1. The summed E-state index contributed by atoms with van der Waals surface area (Å²) in [6, 6.07) is 3.28. The first-order valence-corrected chi connectivity index (χ1v) is 12.1. The monoisotopic (exact) mass is 390 g/mol. The van der Waals surface area contributed by atoms with Gasteiger partial charge < -0.3 is 9.74 Å². The highest BCUT2D eigenvalue weighted by Gasteiger charge is 2.34. The lowest BCUT2D eigenvalue weighted by atomic mass is 9.97. The van der Waals surface area contributed by atoms with Crippen LogP contribution in [0.4, 0.5) is 0 Å². The molecule has 0 aliphatic rings. The molecule has 0 radical (unpaired) electrons. The van der Waals surface area contributed by atoms with Gasteiger partial charge in [-0.15, -0.1) is 0 Å². The van der Waals surface area contributed by atoms with Crippen LogP contribution in [0.15, 0.2) is 12.4 Å². The van der Waals surface area contributed by atoms with Gasteiger partial charge in [-0.3, -0.25) is 4.98 Å². The van der Waals surface area contributed by atoms with Gasteiger partial charge in [-0.25, -0.2) is 0 Å². The molecule has 0 bridgehead atoms. The highest BCUT2D eigenvalue weighted by Crippen LogP contribution is 2.36. The van der Waals surface area contributed by atoms with Crippen molar-refractivity contribution in [1.82, 2.24) is 10.3 Å². The molecule has 0 saturated heterocycles. The Balaban J connectivity index is 3.07. The van der Waals surface area contributed by atoms with E-state index in [4.69, 9.17) is 27.6 Å². The first-order valence-electron chi connectivity index (χ1n) is 8.85. The van der Waals surface area contributed by atoms with Crippen molar-refractivity contribution in [1.29, 1.82) is 0 Å². The van der Waals surface area contributed by atoms with Crippen molar-refractivity contribution in [2.45, 2.75) is 65.8 Å². The van der Waals surface area contributed by atoms with Crippen LogP contribution >= 0.6 is 23.2 Å². The molecule has 3 nitrogen and oxygen atoms in total. The van der Waals surface area contributed by atoms with Crippen LogP contribution in [-0.4, -0.2) is 26.4 Å². The standard InChI is InChI=1S/C18H32Cl2N2OSi/c1-7-24(8-2,9-3)23-16(12-22-13-18(4,5)6)17-14(19)10-21-11-15(17)20/h10-11,16,22H,7-9,12-13H2,1-6H3. The van der Waals surface area contributed by atoms with Crippen molar-refractivity contribution in [2.75, 3.05) is 13.1 Å². The minimum Gasteiger partial charge on any atom is -0.409 e. The Labute approximate surface area is 158 Å². The molecule has 1 unspecified atom stereocenters. The van der Waals surface area contributed by atoms with Gasteiger partial charge in [0.25, 0.3) is 0 Å². The van der Waals surface area contributed by atoms with Crippen molar-refractivity contribution in [2.24, 2.45) is 5.41 Å². The summed E-state index contributed by atoms with van der Waals surface area (Å²) in [6.07, 6.45) is 3.16. The highest BCUT2D eigenvalue weighted by molar-refractivity contribution is 6.73. The molecular weight excluding hydrogens is 359 g/mol. The summed E-state index contributed by atoms with van der Waals surface area (Å²) in [5.41, 5.74) is 1.08. The first kappa shape index (κ1) is 21.9. The quantitative estimate of drug-likeness (QED) is 0.518. The number of halogens is 2. The smallest absolute Gasteiger partial charge is 0.192 e. The van der Waals surface area contributed by atoms with E-state index in [2.05, 4.69) is 51.8 Å². The van der Waals surface area contributed by atoms with E-state index in [1.165, 1.54) is 0 Å². The van der Waals surface area contributed by atoms with Gasteiger partial charge in [0.1, 0.15) is 0 Å². The van der Waals surface area contributed by atoms with Gasteiger partial charge in [-0.1, -0.05) is 64.7 Å². The Morgan fingerprint density at radius 3 is 2.00 bits per heavy atom. The second kappa shape index (κ2) is 9.53. The zero-order valence-corrected chi connectivity index (χ0v) is 18.4. The van der Waals surface area contributed by atoms with Crippen LogP contribution in [0.3, 0.4) is 0 Å². The molecule has 1 N–H and O–H groups in total. The van der Waals surface area contributed by atoms with Crippen LogP contribution in [0.5, 0.6) is 0 Å². The normalized spacial score (nSPS) is 14.0. The molecule has 1 atom stereocenters. The Morgan fingerprint density at radius 1 is 1.08 bits per heavy atom. The Bertz CT molecular complexity index is 488. The maximum Gasteiger partial charge on any atom is 0.192 e. The van der Waals surface area contributed by atoms with Gasteiger partial charge >= 0.3 is 0 Å². The van der Waals surface area contributed by atoms with Gasteiger partial charge in [0.15, 0.2) is 8.32 Å². The van der Waals surface area contributed by atoms with Crippen molar-refractivity contribution >= 4 is 31.5 Å². The first-order chi connectivity index (χ1) is 11.2. The van der Waals surface area contributed by atoms with Crippen molar-refractivity contribution in [3.8, 4) is 0 Å². The maximum atomic E-state index is 6.73. The fourth-order valence-electron chi connectivity index (χ4n) is 2.81. The number of hydrogen-bond donors (Lipinski definition) is 1. The highest BCUT2D eigenvalue weighted by atomic mass is 35.5. The summed E-state index contributed by atoms with van der Waals surface area (Å²) < 4.78 is 6.73. The predicted molar refractivity (Wildman–Crippen MR) is 108 cm³/mol. The van der Waals surface area contributed by atoms with Crippen molar-refractivity contribution in [3.63, 3.8) is 0 Å². The molecule has 0 aliphatic carbocycles. The fourth-order valence-corrected chi connectivity index (χ4v) is 6.22. The largest absolute Gasteiger partial charge is 0.409 e. The minimum atomic E-state index is -1.78. The molecule has 1 aromatic rings. The molecule has 6 heteroatoms. The van der Waals surface area contributed by atoms with Crippen LogP contribution in [0, 0.1) is 5.41 Å². The summed E-state index contributed by atoms with van der Waals surface area (Å²) in [7, 11) is -1.78. The topological polar surface area (TPSA) is 34.1 Å². The van der Waals surface area contributed by atoms with Gasteiger partial charge in [-0.2, -0.15) is 0 Å². The van der Waals surface area contributed by atoms with Gasteiger partial charge in [-0.05, 0) is 23.5 Å². The third kappa shape index (κ3) is 6.30. The van der Waals surface area contributed by atoms with Crippen LogP contribution in [-0.2, 0) is 4.43 Å². The summed E-state index contributed by atoms with van der Waals surface area (Å²) in [5.74, 6) is 0. The van der Waals surface area contributed by atoms with Gasteiger partial charge in [0, 0.05) is 31.0 Å². The van der Waals surface area contributed by atoms with E-state index in [1.807, 2.05) is 0 Å². The third-order valence-corrected chi connectivity index (χ3v) is 9.78. The molecule has 1 heterocycles. The molecule has 0 amide bonds. The van der Waals surface area contributed by atoms with E-state index in [0.29, 0.717) is 16.6 Å². The number of nitrogens with zero attached hydrogens (tertiary/aromatic N) is 1. The lowest BCUT2D eigenvalue weighted by Gasteiger charge is -2.34. The molecule has 138 valence electrons. The van der Waals surface area contributed by atoms with Crippen LogP contribution in [0.25, 0.3) is 0 Å². The summed E-state index contributed by atoms with van der Waals surface area (Å²) in [6.45, 7) is 14.9. The lowest BCUT2D eigenvalue weighted by molar-refractivity contribution is 0.181. The van der Waals surface area contributed by atoms with Gasteiger partial charge in [0.2, 0.25) is 0 Å². The molecule has 0 aliphatic heterocycles. The minimum absolute atomic E-state index is 0.137. The molecule has 1 rings (SSSR count). The van der Waals surface area contributed by atoms with E-state index in [-0.39, 0.29) is 11.5 Å². The number of pyridine rings is 1. The Kier molecular flexibility index (Phi) is 8.70. The molecule has 24 heavy (non-hydrogen) atoms. The number of hydrogen-bond acceptors (Lipinski definition) is 3. The van der Waals surface area contributed by atoms with Crippen LogP contribution < -0.4 is 5.32 Å². The maximum absolute atomic E-state index is 6.73. The van der Waals surface area contributed by atoms with E-state index < -0.39 is 8.32 Å². The average molecular weight is 391 g/mol. The zero-order chi connectivity index (χ0) is 18.4. The third-order valence-electron chi connectivity index (χ3n) is 4.52. The van der Waals surface area contributed by atoms with E-state index >= 15 is 0 Å². The molecular formula is C18H32Cl2N2OSi. The molecule has 0 aromatic carbocycles. The Morgan fingerprint density at radius 2 is 1.58 bits per heavy atom. The van der Waals surface area contributed by atoms with E-state index in [1.54, 1.807) is 12.4 Å². The summed E-state index contributed by atoms with van der Waals surface area (Å²) in [5, 5.41) is 4.69. The van der Waals surface area contributed by atoms with Crippen molar-refractivity contribution < 1.29 is 4.43 Å². The average Bonchev–Trinajstić information content (AvgIpc) is 2.51. The second-order valence-corrected chi connectivity index (χ2v) is 13.1. The van der Waals surface area contributed by atoms with Crippen LogP contribution in [0.2, 0.25) is 28.2 Å². The molecule has 1 aromatic heterocycles. The second-order valence-electron chi connectivity index (χ2n) is 7.56. The molecule has 0 fully saturated rings. The summed E-state index contributed by atoms with van der Waals surface area (Å²) >= 11 is 12.8. The Hall–Kier alpha value is -0.133. The number of nitrogens with one attached hydrogen (secondary N) is 1. The summed E-state index contributed by atoms with van der Waals surface area (Å²) in [4.78, 5) is 4.07.